The van der Waals surface area contributed by atoms with E-state index in [1.54, 1.807) is 0 Å². The largest absolute Gasteiger partial charge is 0.480 e. The van der Waals surface area contributed by atoms with Gasteiger partial charge in [-0.1, -0.05) is 0 Å². The Morgan fingerprint density at radius 3 is 2.56 bits per heavy atom. The molecule has 5 nitrogen and oxygen atoms in total. The van der Waals surface area contributed by atoms with Crippen molar-refractivity contribution in [2.45, 2.75) is 31.7 Å². The van der Waals surface area contributed by atoms with Crippen molar-refractivity contribution in [3.8, 4) is 0 Å². The summed E-state index contributed by atoms with van der Waals surface area (Å²) >= 11 is 0. The number of aliphatic carboxylic acids is 1. The second kappa shape index (κ2) is 4.82. The fourth-order valence-corrected chi connectivity index (χ4v) is 2.12. The lowest BCUT2D eigenvalue weighted by atomic mass is 10.2. The summed E-state index contributed by atoms with van der Waals surface area (Å²) in [4.78, 5) is 24.3. The summed E-state index contributed by atoms with van der Waals surface area (Å²) in [5.41, 5.74) is 0. The van der Waals surface area contributed by atoms with Gasteiger partial charge in [-0.25, -0.2) is 0 Å². The van der Waals surface area contributed by atoms with E-state index in [-0.39, 0.29) is 18.5 Å². The van der Waals surface area contributed by atoms with Gasteiger partial charge in [0.25, 0.3) is 0 Å². The summed E-state index contributed by atoms with van der Waals surface area (Å²) in [6.07, 6.45) is 4.09. The Hall–Kier alpha value is -1.10. The number of carboxylic acids is 1. The molecular formula is C11H18N2O3. The second-order valence-electron chi connectivity index (χ2n) is 4.70. The van der Waals surface area contributed by atoms with Crippen LogP contribution in [0.15, 0.2) is 0 Å². The van der Waals surface area contributed by atoms with Crippen molar-refractivity contribution >= 4 is 11.9 Å². The van der Waals surface area contributed by atoms with E-state index in [4.69, 9.17) is 5.11 Å². The molecule has 1 saturated heterocycles. The molecule has 0 aromatic carbocycles. The highest BCUT2D eigenvalue weighted by molar-refractivity contribution is 5.85. The Morgan fingerprint density at radius 2 is 2.06 bits per heavy atom. The number of carboxylic acid groups (broad SMARTS) is 1. The highest BCUT2D eigenvalue weighted by atomic mass is 16.4. The van der Waals surface area contributed by atoms with Gasteiger partial charge in [0.05, 0.1) is 6.04 Å². The first-order valence-electron chi connectivity index (χ1n) is 5.91. The van der Waals surface area contributed by atoms with E-state index in [9.17, 15) is 9.59 Å². The number of hydrogen-bond donors (Lipinski definition) is 2. The van der Waals surface area contributed by atoms with E-state index in [0.29, 0.717) is 12.5 Å². The SMILES string of the molecule is O=C(O)CN(CC1CC1)C(=O)C1CCCN1. The third-order valence-corrected chi connectivity index (χ3v) is 3.17. The first-order valence-corrected chi connectivity index (χ1v) is 5.91. The third kappa shape index (κ3) is 2.95. The fraction of sp³-hybridized carbons (Fsp3) is 0.818. The molecule has 90 valence electrons. The number of hydrogen-bond acceptors (Lipinski definition) is 3. The van der Waals surface area contributed by atoms with E-state index < -0.39 is 5.97 Å². The molecule has 1 atom stereocenters. The van der Waals surface area contributed by atoms with Gasteiger partial charge in [-0.05, 0) is 38.1 Å². The van der Waals surface area contributed by atoms with Crippen LogP contribution in [0.25, 0.3) is 0 Å². The number of nitrogens with one attached hydrogen (secondary N) is 1. The molecule has 2 N–H and O–H groups in total. The summed E-state index contributed by atoms with van der Waals surface area (Å²) in [6, 6.07) is -0.155. The van der Waals surface area contributed by atoms with Crippen LogP contribution in [0.2, 0.25) is 0 Å². The average molecular weight is 226 g/mol. The van der Waals surface area contributed by atoms with Crippen molar-refractivity contribution < 1.29 is 14.7 Å². The molecule has 0 spiro atoms. The van der Waals surface area contributed by atoms with Crippen LogP contribution in [0.5, 0.6) is 0 Å². The maximum atomic E-state index is 12.0. The maximum Gasteiger partial charge on any atom is 0.323 e. The van der Waals surface area contributed by atoms with E-state index in [1.165, 1.54) is 4.90 Å². The molecule has 1 amide bonds. The smallest absolute Gasteiger partial charge is 0.323 e. The standard InChI is InChI=1S/C11H18N2O3/c14-10(15)7-13(6-8-3-4-8)11(16)9-2-1-5-12-9/h8-9,12H,1-7H2,(H,14,15). The summed E-state index contributed by atoms with van der Waals surface area (Å²) in [5.74, 6) is -0.427. The van der Waals surface area contributed by atoms with Crippen molar-refractivity contribution in [3.05, 3.63) is 0 Å². The number of rotatable bonds is 5. The highest BCUT2D eigenvalue weighted by Crippen LogP contribution is 2.30. The second-order valence-corrected chi connectivity index (χ2v) is 4.70. The van der Waals surface area contributed by atoms with Gasteiger partial charge in [0.15, 0.2) is 0 Å². The Kier molecular flexibility index (Phi) is 3.43. The van der Waals surface area contributed by atoms with Crippen LogP contribution in [0.3, 0.4) is 0 Å². The fourth-order valence-electron chi connectivity index (χ4n) is 2.12. The Morgan fingerprint density at radius 1 is 1.31 bits per heavy atom. The lowest BCUT2D eigenvalue weighted by molar-refractivity contribution is -0.145. The van der Waals surface area contributed by atoms with Crippen LogP contribution in [0, 0.1) is 5.92 Å². The molecule has 0 bridgehead atoms. The van der Waals surface area contributed by atoms with Crippen LogP contribution in [-0.4, -0.2) is 47.6 Å². The van der Waals surface area contributed by atoms with Gasteiger partial charge >= 0.3 is 5.97 Å². The highest BCUT2D eigenvalue weighted by Gasteiger charge is 2.32. The molecule has 0 radical (unpaired) electrons. The van der Waals surface area contributed by atoms with Crippen molar-refractivity contribution in [3.63, 3.8) is 0 Å². The zero-order valence-electron chi connectivity index (χ0n) is 9.32. The molecule has 1 aliphatic heterocycles. The zero-order valence-corrected chi connectivity index (χ0v) is 9.32. The molecule has 16 heavy (non-hydrogen) atoms. The number of nitrogens with zero attached hydrogens (tertiary/aromatic N) is 1. The Labute approximate surface area is 94.8 Å². The zero-order chi connectivity index (χ0) is 11.5. The molecule has 1 unspecified atom stereocenters. The summed E-state index contributed by atoms with van der Waals surface area (Å²) in [5, 5.41) is 11.9. The van der Waals surface area contributed by atoms with Gasteiger partial charge < -0.3 is 15.3 Å². The molecule has 1 saturated carbocycles. The van der Waals surface area contributed by atoms with Crippen LogP contribution in [0.1, 0.15) is 25.7 Å². The van der Waals surface area contributed by atoms with Gasteiger partial charge in [-0.2, -0.15) is 0 Å². The topological polar surface area (TPSA) is 69.6 Å². The van der Waals surface area contributed by atoms with Crippen LogP contribution in [-0.2, 0) is 9.59 Å². The number of carbonyl (C=O) groups is 2. The number of amides is 1. The average Bonchev–Trinajstić information content (AvgIpc) is 2.88. The summed E-state index contributed by atoms with van der Waals surface area (Å²) < 4.78 is 0. The van der Waals surface area contributed by atoms with E-state index in [1.807, 2.05) is 0 Å². The van der Waals surface area contributed by atoms with Crippen molar-refractivity contribution in [1.82, 2.24) is 10.2 Å². The molecule has 2 fully saturated rings. The monoisotopic (exact) mass is 226 g/mol. The molecule has 2 aliphatic rings. The predicted molar refractivity (Wildman–Crippen MR) is 58.0 cm³/mol. The number of carbonyl (C=O) groups excluding carboxylic acids is 1. The molecule has 0 aromatic heterocycles. The van der Waals surface area contributed by atoms with Crippen LogP contribution >= 0.6 is 0 Å². The minimum absolute atomic E-state index is 0.0354. The minimum atomic E-state index is -0.924. The minimum Gasteiger partial charge on any atom is -0.480 e. The Bertz CT molecular complexity index is 283. The lowest BCUT2D eigenvalue weighted by Crippen LogP contribution is -2.46. The lowest BCUT2D eigenvalue weighted by Gasteiger charge is -2.23. The van der Waals surface area contributed by atoms with Crippen LogP contribution < -0.4 is 5.32 Å². The first kappa shape index (κ1) is 11.4. The summed E-state index contributed by atoms with van der Waals surface area (Å²) in [7, 11) is 0. The molecule has 1 heterocycles. The van der Waals surface area contributed by atoms with E-state index in [0.717, 1.165) is 32.2 Å². The summed E-state index contributed by atoms with van der Waals surface area (Å²) in [6.45, 7) is 1.32. The van der Waals surface area contributed by atoms with Gasteiger partial charge in [-0.15, -0.1) is 0 Å². The van der Waals surface area contributed by atoms with Crippen molar-refractivity contribution in [2.24, 2.45) is 5.92 Å². The molecule has 1 aliphatic carbocycles. The van der Waals surface area contributed by atoms with Crippen molar-refractivity contribution in [1.29, 1.82) is 0 Å². The van der Waals surface area contributed by atoms with Gasteiger partial charge in [0, 0.05) is 6.54 Å². The normalized spacial score (nSPS) is 24.4. The first-order chi connectivity index (χ1) is 7.66. The molecular weight excluding hydrogens is 208 g/mol. The van der Waals surface area contributed by atoms with E-state index in [2.05, 4.69) is 5.32 Å². The van der Waals surface area contributed by atoms with Gasteiger partial charge in [0.2, 0.25) is 5.91 Å². The van der Waals surface area contributed by atoms with Crippen LogP contribution in [0.4, 0.5) is 0 Å². The molecule has 5 heteroatoms. The third-order valence-electron chi connectivity index (χ3n) is 3.17. The molecule has 2 rings (SSSR count). The van der Waals surface area contributed by atoms with Crippen molar-refractivity contribution in [2.75, 3.05) is 19.6 Å². The Balaban J connectivity index is 1.92. The van der Waals surface area contributed by atoms with Gasteiger partial charge in [-0.3, -0.25) is 9.59 Å². The predicted octanol–water partition coefficient (Wildman–Crippen LogP) is 0.0616. The quantitative estimate of drug-likeness (QED) is 0.695. The van der Waals surface area contributed by atoms with E-state index >= 15 is 0 Å². The maximum absolute atomic E-state index is 12.0. The molecule has 0 aromatic rings. The van der Waals surface area contributed by atoms with Gasteiger partial charge in [0.1, 0.15) is 6.54 Å².